The maximum absolute atomic E-state index is 13.6. The largest absolute Gasteiger partial charge is 0.249 e. The van der Waals surface area contributed by atoms with Gasteiger partial charge in [-0.05, 0) is 24.3 Å². The smallest absolute Gasteiger partial charge is 0.226 e. The highest BCUT2D eigenvalue weighted by Gasteiger charge is 2.28. The second-order valence-corrected chi connectivity index (χ2v) is 4.13. The number of rotatable bonds is 4. The van der Waals surface area contributed by atoms with Gasteiger partial charge in [0.05, 0.1) is 0 Å². The first-order chi connectivity index (χ1) is 7.05. The Labute approximate surface area is 89.5 Å². The maximum atomic E-state index is 13.6. The summed E-state index contributed by atoms with van der Waals surface area (Å²) >= 11 is 0. The summed E-state index contributed by atoms with van der Waals surface area (Å²) in [6.07, 6.45) is 3.93. The van der Waals surface area contributed by atoms with Crippen molar-refractivity contribution in [2.75, 3.05) is 0 Å². The van der Waals surface area contributed by atoms with E-state index in [1.165, 1.54) is 6.20 Å². The minimum atomic E-state index is -0.997. The van der Waals surface area contributed by atoms with Gasteiger partial charge in [-0.25, -0.2) is 9.37 Å². The van der Waals surface area contributed by atoms with E-state index in [0.29, 0.717) is 5.56 Å². The van der Waals surface area contributed by atoms with Crippen molar-refractivity contribution in [1.29, 1.82) is 0 Å². The van der Waals surface area contributed by atoms with Crippen LogP contribution < -0.4 is 0 Å². The lowest BCUT2D eigenvalue weighted by atomic mass is 9.76. The maximum Gasteiger partial charge on any atom is 0.249 e. The van der Waals surface area contributed by atoms with Gasteiger partial charge in [-0.15, -0.1) is 0 Å². The number of hydrogen-bond acceptors (Lipinski definition) is 1. The molecule has 0 amide bonds. The quantitative estimate of drug-likeness (QED) is 0.693. The first-order valence-corrected chi connectivity index (χ1v) is 5.35. The van der Waals surface area contributed by atoms with Crippen molar-refractivity contribution < 1.29 is 8.78 Å². The van der Waals surface area contributed by atoms with Crippen molar-refractivity contribution >= 4 is 0 Å². The Morgan fingerprint density at radius 3 is 2.53 bits per heavy atom. The van der Waals surface area contributed by atoms with E-state index in [-0.39, 0.29) is 5.41 Å². The zero-order valence-corrected chi connectivity index (χ0v) is 9.48. The second kappa shape index (κ2) is 4.69. The third-order valence-corrected chi connectivity index (χ3v) is 3.08. The zero-order valence-electron chi connectivity index (χ0n) is 9.48. The SMILES string of the molecule is CCCC(C)(CC)c1ccnc(F)c1F. The van der Waals surface area contributed by atoms with Crippen LogP contribution in [0.25, 0.3) is 0 Å². The van der Waals surface area contributed by atoms with Crippen molar-refractivity contribution in [2.24, 2.45) is 0 Å². The summed E-state index contributed by atoms with van der Waals surface area (Å²) in [5, 5.41) is 0. The summed E-state index contributed by atoms with van der Waals surface area (Å²) in [5.74, 6) is -1.79. The minimum Gasteiger partial charge on any atom is -0.226 e. The molecule has 1 atom stereocenters. The highest BCUT2D eigenvalue weighted by atomic mass is 19.2. The van der Waals surface area contributed by atoms with E-state index in [1.54, 1.807) is 6.07 Å². The van der Waals surface area contributed by atoms with Crippen LogP contribution in [0.1, 0.15) is 45.6 Å². The van der Waals surface area contributed by atoms with E-state index in [1.807, 2.05) is 20.8 Å². The monoisotopic (exact) mass is 213 g/mol. The van der Waals surface area contributed by atoms with Crippen LogP contribution in [0.2, 0.25) is 0 Å². The summed E-state index contributed by atoms with van der Waals surface area (Å²) < 4.78 is 26.6. The molecule has 15 heavy (non-hydrogen) atoms. The summed E-state index contributed by atoms with van der Waals surface area (Å²) in [6, 6.07) is 1.58. The van der Waals surface area contributed by atoms with E-state index in [2.05, 4.69) is 4.98 Å². The molecule has 0 saturated heterocycles. The van der Waals surface area contributed by atoms with Gasteiger partial charge < -0.3 is 0 Å². The molecule has 0 fully saturated rings. The molecule has 1 nitrogen and oxygen atoms in total. The summed E-state index contributed by atoms with van der Waals surface area (Å²) in [5.41, 5.74) is 0.155. The Morgan fingerprint density at radius 1 is 1.33 bits per heavy atom. The number of nitrogens with zero attached hydrogens (tertiary/aromatic N) is 1. The molecular formula is C12H17F2N. The predicted octanol–water partition coefficient (Wildman–Crippen LogP) is 3.83. The number of halogens is 2. The van der Waals surface area contributed by atoms with Gasteiger partial charge in [-0.2, -0.15) is 4.39 Å². The van der Waals surface area contributed by atoms with E-state index in [9.17, 15) is 8.78 Å². The van der Waals surface area contributed by atoms with Crippen LogP contribution in [0.3, 0.4) is 0 Å². The van der Waals surface area contributed by atoms with Crippen LogP contribution >= 0.6 is 0 Å². The lowest BCUT2D eigenvalue weighted by Gasteiger charge is -2.28. The van der Waals surface area contributed by atoms with Crippen LogP contribution in [0.5, 0.6) is 0 Å². The minimum absolute atomic E-state index is 0.289. The lowest BCUT2D eigenvalue weighted by Crippen LogP contribution is -2.23. The zero-order chi connectivity index (χ0) is 11.5. The van der Waals surface area contributed by atoms with Gasteiger partial charge in [0, 0.05) is 11.8 Å². The first-order valence-electron chi connectivity index (χ1n) is 5.35. The highest BCUT2D eigenvalue weighted by Crippen LogP contribution is 2.34. The molecule has 1 rings (SSSR count). The molecule has 0 aromatic carbocycles. The fourth-order valence-corrected chi connectivity index (χ4v) is 1.94. The van der Waals surface area contributed by atoms with Gasteiger partial charge in [0.15, 0.2) is 5.82 Å². The van der Waals surface area contributed by atoms with Gasteiger partial charge in [-0.1, -0.05) is 27.2 Å². The molecule has 0 aliphatic rings. The van der Waals surface area contributed by atoms with Gasteiger partial charge in [0.25, 0.3) is 0 Å². The molecule has 1 unspecified atom stereocenters. The summed E-state index contributed by atoms with van der Waals surface area (Å²) in [6.45, 7) is 6.01. The predicted molar refractivity (Wildman–Crippen MR) is 56.7 cm³/mol. The molecule has 3 heteroatoms. The molecule has 0 N–H and O–H groups in total. The molecule has 0 spiro atoms. The third kappa shape index (κ3) is 2.33. The standard InChI is InChI=1S/C12H17F2N/c1-4-7-12(3,5-2)9-6-8-15-11(14)10(9)13/h6,8H,4-5,7H2,1-3H3. The van der Waals surface area contributed by atoms with Crippen molar-refractivity contribution in [3.8, 4) is 0 Å². The van der Waals surface area contributed by atoms with E-state index in [4.69, 9.17) is 0 Å². The molecule has 0 saturated carbocycles. The fourth-order valence-electron chi connectivity index (χ4n) is 1.94. The van der Waals surface area contributed by atoms with E-state index < -0.39 is 11.8 Å². The highest BCUT2D eigenvalue weighted by molar-refractivity contribution is 5.24. The molecule has 0 aliphatic carbocycles. The van der Waals surface area contributed by atoms with Crippen molar-refractivity contribution in [3.63, 3.8) is 0 Å². The van der Waals surface area contributed by atoms with Crippen LogP contribution in [0, 0.1) is 11.8 Å². The third-order valence-electron chi connectivity index (χ3n) is 3.08. The Kier molecular flexibility index (Phi) is 3.77. The Balaban J connectivity index is 3.17. The van der Waals surface area contributed by atoms with Gasteiger partial charge in [-0.3, -0.25) is 0 Å². The Bertz CT molecular complexity index is 338. The molecule has 0 radical (unpaired) electrons. The van der Waals surface area contributed by atoms with Crippen LogP contribution in [-0.4, -0.2) is 4.98 Å². The molecule has 1 heterocycles. The van der Waals surface area contributed by atoms with E-state index >= 15 is 0 Å². The normalized spacial score (nSPS) is 15.0. The molecule has 1 aromatic heterocycles. The molecular weight excluding hydrogens is 196 g/mol. The summed E-state index contributed by atoms with van der Waals surface area (Å²) in [7, 11) is 0. The Hall–Kier alpha value is -0.990. The van der Waals surface area contributed by atoms with E-state index in [0.717, 1.165) is 19.3 Å². The van der Waals surface area contributed by atoms with Gasteiger partial charge in [0.1, 0.15) is 0 Å². The average molecular weight is 213 g/mol. The van der Waals surface area contributed by atoms with Gasteiger partial charge in [0.2, 0.25) is 5.95 Å². The Morgan fingerprint density at radius 2 is 2.00 bits per heavy atom. The molecule has 0 bridgehead atoms. The number of aromatic nitrogens is 1. The molecule has 84 valence electrons. The lowest BCUT2D eigenvalue weighted by molar-refractivity contribution is 0.376. The first kappa shape index (κ1) is 12.1. The van der Waals surface area contributed by atoms with Crippen LogP contribution in [-0.2, 0) is 5.41 Å². The topological polar surface area (TPSA) is 12.9 Å². The number of pyridine rings is 1. The molecule has 0 aliphatic heterocycles. The fraction of sp³-hybridized carbons (Fsp3) is 0.583. The average Bonchev–Trinajstić information content (AvgIpc) is 2.22. The van der Waals surface area contributed by atoms with Crippen molar-refractivity contribution in [2.45, 2.75) is 45.4 Å². The van der Waals surface area contributed by atoms with Crippen molar-refractivity contribution in [3.05, 3.63) is 29.6 Å². The van der Waals surface area contributed by atoms with Crippen molar-refractivity contribution in [1.82, 2.24) is 4.98 Å². The van der Waals surface area contributed by atoms with Crippen LogP contribution in [0.4, 0.5) is 8.78 Å². The van der Waals surface area contributed by atoms with Gasteiger partial charge >= 0.3 is 0 Å². The van der Waals surface area contributed by atoms with Crippen LogP contribution in [0.15, 0.2) is 12.3 Å². The number of hydrogen-bond donors (Lipinski definition) is 0. The molecule has 1 aromatic rings. The second-order valence-electron chi connectivity index (χ2n) is 4.13. The summed E-state index contributed by atoms with van der Waals surface area (Å²) in [4.78, 5) is 3.31.